The number of aromatic hydroxyl groups is 1. The molecule has 0 bridgehead atoms. The molecule has 0 spiro atoms. The number of esters is 1. The highest BCUT2D eigenvalue weighted by Crippen LogP contribution is 2.26. The largest absolute Gasteiger partial charge is 0.506 e. The van der Waals surface area contributed by atoms with Crippen LogP contribution in [0.4, 0.5) is 11.4 Å². The number of rotatable bonds is 5. The van der Waals surface area contributed by atoms with Crippen molar-refractivity contribution in [3.8, 4) is 5.75 Å². The van der Waals surface area contributed by atoms with Gasteiger partial charge >= 0.3 is 5.97 Å². The number of amides is 1. The molecule has 0 saturated heterocycles. The third-order valence-corrected chi connectivity index (χ3v) is 3.23. The number of hydrogen-bond acceptors (Lipinski definition) is 6. The predicted octanol–water partition coefficient (Wildman–Crippen LogP) is 2.27. The molecule has 8 nitrogen and oxygen atoms in total. The van der Waals surface area contributed by atoms with Crippen molar-refractivity contribution in [1.29, 1.82) is 0 Å². The van der Waals surface area contributed by atoms with Crippen molar-refractivity contribution in [2.24, 2.45) is 0 Å². The second-order valence-corrected chi connectivity index (χ2v) is 4.83. The van der Waals surface area contributed by atoms with Crippen molar-refractivity contribution in [2.75, 3.05) is 12.4 Å². The first-order valence-electron chi connectivity index (χ1n) is 6.86. The standard InChI is InChI=1S/C16H14N2O6/c1-24-15(20)9-10-6-7-14(19)12(8-10)17-16(21)11-4-2-3-5-13(11)18(22)23/h2-8,19H,9H2,1H3,(H,17,21). The Bertz CT molecular complexity index is 803. The Balaban J connectivity index is 2.27. The quantitative estimate of drug-likeness (QED) is 0.376. The molecule has 124 valence electrons. The van der Waals surface area contributed by atoms with Crippen LogP contribution < -0.4 is 5.32 Å². The number of anilines is 1. The van der Waals surface area contributed by atoms with Gasteiger partial charge in [0.05, 0.1) is 24.1 Å². The van der Waals surface area contributed by atoms with Crippen LogP contribution in [0.15, 0.2) is 42.5 Å². The van der Waals surface area contributed by atoms with Crippen LogP contribution in [-0.4, -0.2) is 29.0 Å². The van der Waals surface area contributed by atoms with Crippen LogP contribution in [0.25, 0.3) is 0 Å². The summed E-state index contributed by atoms with van der Waals surface area (Å²) in [6, 6.07) is 9.68. The number of phenolic OH excluding ortho intramolecular Hbond substituents is 1. The highest BCUT2D eigenvalue weighted by molar-refractivity contribution is 6.07. The number of nitrogens with one attached hydrogen (secondary N) is 1. The van der Waals surface area contributed by atoms with Crippen LogP contribution in [0.1, 0.15) is 15.9 Å². The first kappa shape index (κ1) is 16.9. The van der Waals surface area contributed by atoms with Crippen molar-refractivity contribution in [1.82, 2.24) is 0 Å². The maximum Gasteiger partial charge on any atom is 0.309 e. The monoisotopic (exact) mass is 330 g/mol. The number of hydrogen-bond donors (Lipinski definition) is 2. The molecule has 24 heavy (non-hydrogen) atoms. The normalized spacial score (nSPS) is 10.0. The molecule has 0 aliphatic heterocycles. The third-order valence-electron chi connectivity index (χ3n) is 3.23. The van der Waals surface area contributed by atoms with E-state index in [0.29, 0.717) is 5.56 Å². The fourth-order valence-corrected chi connectivity index (χ4v) is 2.05. The molecule has 8 heteroatoms. The topological polar surface area (TPSA) is 119 Å². The number of phenols is 1. The van der Waals surface area contributed by atoms with Gasteiger partial charge < -0.3 is 15.2 Å². The lowest BCUT2D eigenvalue weighted by Crippen LogP contribution is -2.14. The van der Waals surface area contributed by atoms with Gasteiger partial charge in [0, 0.05) is 6.07 Å². The Morgan fingerprint density at radius 1 is 1.25 bits per heavy atom. The van der Waals surface area contributed by atoms with E-state index in [1.165, 1.54) is 49.6 Å². The summed E-state index contributed by atoms with van der Waals surface area (Å²) in [6.45, 7) is 0. The van der Waals surface area contributed by atoms with Gasteiger partial charge in [-0.2, -0.15) is 0 Å². The minimum atomic E-state index is -0.743. The molecule has 0 aliphatic rings. The number of carbonyl (C=O) groups excluding carboxylic acids is 2. The summed E-state index contributed by atoms with van der Waals surface area (Å²) in [6.07, 6.45) is -0.0366. The molecular formula is C16H14N2O6. The predicted molar refractivity (Wildman–Crippen MR) is 84.9 cm³/mol. The first-order chi connectivity index (χ1) is 11.4. The Morgan fingerprint density at radius 3 is 2.62 bits per heavy atom. The summed E-state index contributed by atoms with van der Waals surface area (Å²) in [4.78, 5) is 33.9. The molecule has 2 aromatic carbocycles. The van der Waals surface area contributed by atoms with E-state index < -0.39 is 16.8 Å². The van der Waals surface area contributed by atoms with Gasteiger partial charge in [-0.25, -0.2) is 0 Å². The summed E-state index contributed by atoms with van der Waals surface area (Å²) >= 11 is 0. The lowest BCUT2D eigenvalue weighted by atomic mass is 10.1. The van der Waals surface area contributed by atoms with Gasteiger partial charge in [-0.1, -0.05) is 18.2 Å². The Hall–Kier alpha value is -3.42. The van der Waals surface area contributed by atoms with Crippen LogP contribution in [0.2, 0.25) is 0 Å². The van der Waals surface area contributed by atoms with E-state index >= 15 is 0 Å². The molecule has 0 aliphatic carbocycles. The van der Waals surface area contributed by atoms with Crippen LogP contribution in [0.3, 0.4) is 0 Å². The fraction of sp³-hybridized carbons (Fsp3) is 0.125. The van der Waals surface area contributed by atoms with Gasteiger partial charge in [0.15, 0.2) is 0 Å². The third kappa shape index (κ3) is 3.86. The number of methoxy groups -OCH3 is 1. The number of benzene rings is 2. The van der Waals surface area contributed by atoms with Crippen LogP contribution >= 0.6 is 0 Å². The molecule has 2 N–H and O–H groups in total. The van der Waals surface area contributed by atoms with Crippen molar-refractivity contribution in [3.63, 3.8) is 0 Å². The summed E-state index contributed by atoms with van der Waals surface area (Å²) in [5, 5.41) is 23.2. The SMILES string of the molecule is COC(=O)Cc1ccc(O)c(NC(=O)c2ccccc2[N+](=O)[O-])c1. The van der Waals surface area contributed by atoms with Crippen molar-refractivity contribution in [2.45, 2.75) is 6.42 Å². The van der Waals surface area contributed by atoms with E-state index in [1.54, 1.807) is 0 Å². The van der Waals surface area contributed by atoms with Gasteiger partial charge in [0.1, 0.15) is 11.3 Å². The molecule has 0 atom stereocenters. The molecule has 1 amide bonds. The second-order valence-electron chi connectivity index (χ2n) is 4.83. The highest BCUT2D eigenvalue weighted by atomic mass is 16.6. The number of ether oxygens (including phenoxy) is 1. The average molecular weight is 330 g/mol. The van der Waals surface area contributed by atoms with E-state index in [2.05, 4.69) is 10.1 Å². The summed E-state index contributed by atoms with van der Waals surface area (Å²) in [7, 11) is 1.25. The highest BCUT2D eigenvalue weighted by Gasteiger charge is 2.20. The minimum absolute atomic E-state index is 0.0366. The molecule has 2 aromatic rings. The lowest BCUT2D eigenvalue weighted by molar-refractivity contribution is -0.385. The van der Waals surface area contributed by atoms with E-state index in [-0.39, 0.29) is 29.1 Å². The molecule has 0 radical (unpaired) electrons. The molecule has 0 aromatic heterocycles. The summed E-state index contributed by atoms with van der Waals surface area (Å²) in [5.41, 5.74) is 0.0672. The number of carbonyl (C=O) groups is 2. The first-order valence-corrected chi connectivity index (χ1v) is 6.86. The molecular weight excluding hydrogens is 316 g/mol. The zero-order valence-electron chi connectivity index (χ0n) is 12.7. The van der Waals surface area contributed by atoms with Crippen LogP contribution in [0.5, 0.6) is 5.75 Å². The van der Waals surface area contributed by atoms with Crippen molar-refractivity contribution in [3.05, 3.63) is 63.7 Å². The van der Waals surface area contributed by atoms with E-state index in [9.17, 15) is 24.8 Å². The van der Waals surface area contributed by atoms with E-state index in [0.717, 1.165) is 0 Å². The molecule has 2 rings (SSSR count). The summed E-state index contributed by atoms with van der Waals surface area (Å²) < 4.78 is 4.55. The minimum Gasteiger partial charge on any atom is -0.506 e. The molecule has 0 fully saturated rings. The Labute approximate surface area is 136 Å². The van der Waals surface area contributed by atoms with Gasteiger partial charge in [-0.3, -0.25) is 19.7 Å². The molecule has 0 unspecified atom stereocenters. The lowest BCUT2D eigenvalue weighted by Gasteiger charge is -2.09. The fourth-order valence-electron chi connectivity index (χ4n) is 2.05. The maximum absolute atomic E-state index is 12.3. The Morgan fingerprint density at radius 2 is 1.96 bits per heavy atom. The zero-order chi connectivity index (χ0) is 17.7. The average Bonchev–Trinajstić information content (AvgIpc) is 2.57. The number of nitrogens with zero attached hydrogens (tertiary/aromatic N) is 1. The Kier molecular flexibility index (Phi) is 5.10. The van der Waals surface area contributed by atoms with Crippen LogP contribution in [0, 0.1) is 10.1 Å². The maximum atomic E-state index is 12.3. The smallest absolute Gasteiger partial charge is 0.309 e. The van der Waals surface area contributed by atoms with Gasteiger partial charge in [-0.15, -0.1) is 0 Å². The number of nitro benzene ring substituents is 1. The molecule has 0 heterocycles. The van der Waals surface area contributed by atoms with Gasteiger partial charge in [0.2, 0.25) is 0 Å². The number of nitro groups is 1. The van der Waals surface area contributed by atoms with Crippen molar-refractivity contribution < 1.29 is 24.4 Å². The van der Waals surface area contributed by atoms with E-state index in [4.69, 9.17) is 0 Å². The van der Waals surface area contributed by atoms with Gasteiger partial charge in [0.25, 0.3) is 11.6 Å². The van der Waals surface area contributed by atoms with Crippen LogP contribution in [-0.2, 0) is 16.0 Å². The van der Waals surface area contributed by atoms with Gasteiger partial charge in [-0.05, 0) is 23.8 Å². The second kappa shape index (κ2) is 7.23. The van der Waals surface area contributed by atoms with Crippen molar-refractivity contribution >= 4 is 23.3 Å². The summed E-state index contributed by atoms with van der Waals surface area (Å²) in [5.74, 6) is -1.44. The number of para-hydroxylation sites is 1. The zero-order valence-corrected chi connectivity index (χ0v) is 12.7. The van der Waals surface area contributed by atoms with E-state index in [1.807, 2.05) is 0 Å². The molecule has 0 saturated carbocycles.